The van der Waals surface area contributed by atoms with Crippen LogP contribution >= 0.6 is 0 Å². The molecule has 1 aliphatic heterocycles. The van der Waals surface area contributed by atoms with Crippen molar-refractivity contribution < 1.29 is 9.53 Å². The summed E-state index contributed by atoms with van der Waals surface area (Å²) < 4.78 is 5.53. The van der Waals surface area contributed by atoms with E-state index in [-0.39, 0.29) is 6.03 Å². The Morgan fingerprint density at radius 2 is 2.28 bits per heavy atom. The normalized spacial score (nSPS) is 14.5. The first kappa shape index (κ1) is 12.5. The molecule has 1 aliphatic rings. The number of hydrogen-bond acceptors (Lipinski definition) is 3. The van der Waals surface area contributed by atoms with Crippen LogP contribution in [0.4, 0.5) is 10.5 Å². The minimum Gasteiger partial charge on any atom is -0.492 e. The molecule has 2 rings (SSSR count). The molecule has 5 nitrogen and oxygen atoms in total. The number of ether oxygens (including phenoxy) is 1. The SMILES string of the molecule is CCOc1ccccc1NCCN1CCNC1=O. The van der Waals surface area contributed by atoms with E-state index in [0.717, 1.165) is 31.1 Å². The standard InChI is InChI=1S/C13H19N3O2/c1-2-18-12-6-4-3-5-11(12)14-7-9-16-10-8-15-13(16)17/h3-6,14H,2,7-10H2,1H3,(H,15,17). The van der Waals surface area contributed by atoms with E-state index in [9.17, 15) is 4.79 Å². The Labute approximate surface area is 107 Å². The summed E-state index contributed by atoms with van der Waals surface area (Å²) in [6.45, 7) is 5.56. The third-order valence-corrected chi connectivity index (χ3v) is 2.83. The van der Waals surface area contributed by atoms with Gasteiger partial charge in [0, 0.05) is 26.2 Å². The fourth-order valence-corrected chi connectivity index (χ4v) is 1.94. The quantitative estimate of drug-likeness (QED) is 0.803. The second-order valence-corrected chi connectivity index (χ2v) is 4.07. The number of benzene rings is 1. The fraction of sp³-hybridized carbons (Fsp3) is 0.462. The van der Waals surface area contributed by atoms with E-state index in [4.69, 9.17) is 4.74 Å². The second-order valence-electron chi connectivity index (χ2n) is 4.07. The van der Waals surface area contributed by atoms with Crippen LogP contribution in [0.5, 0.6) is 5.75 Å². The van der Waals surface area contributed by atoms with Crippen LogP contribution in [-0.2, 0) is 0 Å². The van der Waals surface area contributed by atoms with Gasteiger partial charge in [-0.3, -0.25) is 0 Å². The van der Waals surface area contributed by atoms with Crippen molar-refractivity contribution >= 4 is 11.7 Å². The van der Waals surface area contributed by atoms with Crippen LogP contribution in [0.15, 0.2) is 24.3 Å². The van der Waals surface area contributed by atoms with E-state index in [2.05, 4.69) is 10.6 Å². The van der Waals surface area contributed by atoms with E-state index in [1.165, 1.54) is 0 Å². The summed E-state index contributed by atoms with van der Waals surface area (Å²) in [5.41, 5.74) is 0.971. The van der Waals surface area contributed by atoms with E-state index in [1.807, 2.05) is 31.2 Å². The molecule has 1 saturated heterocycles. The molecular formula is C13H19N3O2. The molecule has 18 heavy (non-hydrogen) atoms. The van der Waals surface area contributed by atoms with Gasteiger partial charge in [0.25, 0.3) is 0 Å². The molecule has 1 aromatic carbocycles. The van der Waals surface area contributed by atoms with Crippen molar-refractivity contribution in [2.75, 3.05) is 38.1 Å². The highest BCUT2D eigenvalue weighted by atomic mass is 16.5. The first-order valence-electron chi connectivity index (χ1n) is 6.29. The number of nitrogens with one attached hydrogen (secondary N) is 2. The summed E-state index contributed by atoms with van der Waals surface area (Å²) >= 11 is 0. The first-order valence-corrected chi connectivity index (χ1v) is 6.29. The van der Waals surface area contributed by atoms with Crippen LogP contribution < -0.4 is 15.4 Å². The molecule has 0 radical (unpaired) electrons. The van der Waals surface area contributed by atoms with Crippen LogP contribution in [0.2, 0.25) is 0 Å². The van der Waals surface area contributed by atoms with Crippen molar-refractivity contribution in [3.8, 4) is 5.75 Å². The lowest BCUT2D eigenvalue weighted by Crippen LogP contribution is -2.32. The third kappa shape index (κ3) is 3.06. The molecule has 0 bridgehead atoms. The number of para-hydroxylation sites is 2. The van der Waals surface area contributed by atoms with E-state index in [1.54, 1.807) is 4.90 Å². The van der Waals surface area contributed by atoms with Gasteiger partial charge >= 0.3 is 6.03 Å². The predicted octanol–water partition coefficient (Wildman–Crippen LogP) is 1.52. The van der Waals surface area contributed by atoms with Gasteiger partial charge in [-0.1, -0.05) is 12.1 Å². The van der Waals surface area contributed by atoms with Crippen molar-refractivity contribution in [3.63, 3.8) is 0 Å². The average Bonchev–Trinajstić information content (AvgIpc) is 2.78. The van der Waals surface area contributed by atoms with Gasteiger partial charge in [-0.05, 0) is 19.1 Å². The zero-order valence-electron chi connectivity index (χ0n) is 10.6. The zero-order valence-corrected chi connectivity index (χ0v) is 10.6. The van der Waals surface area contributed by atoms with E-state index in [0.29, 0.717) is 13.2 Å². The molecule has 0 aliphatic carbocycles. The Morgan fingerprint density at radius 1 is 1.44 bits per heavy atom. The van der Waals surface area contributed by atoms with Gasteiger partial charge in [-0.2, -0.15) is 0 Å². The van der Waals surface area contributed by atoms with Gasteiger partial charge in [0.2, 0.25) is 0 Å². The zero-order chi connectivity index (χ0) is 12.8. The van der Waals surface area contributed by atoms with Crippen molar-refractivity contribution in [2.45, 2.75) is 6.92 Å². The van der Waals surface area contributed by atoms with Gasteiger partial charge in [0.1, 0.15) is 5.75 Å². The lowest BCUT2D eigenvalue weighted by atomic mass is 10.3. The fourth-order valence-electron chi connectivity index (χ4n) is 1.94. The van der Waals surface area contributed by atoms with Crippen LogP contribution in [0.3, 0.4) is 0 Å². The van der Waals surface area contributed by atoms with E-state index < -0.39 is 0 Å². The Bertz CT molecular complexity index is 409. The number of hydrogen-bond donors (Lipinski definition) is 2. The molecule has 1 aromatic rings. The van der Waals surface area contributed by atoms with Crippen LogP contribution in [0.25, 0.3) is 0 Å². The van der Waals surface area contributed by atoms with Gasteiger partial charge in [0.05, 0.1) is 12.3 Å². The molecular weight excluding hydrogens is 230 g/mol. The number of amides is 2. The topological polar surface area (TPSA) is 53.6 Å². The maximum atomic E-state index is 11.3. The average molecular weight is 249 g/mol. The molecule has 2 N–H and O–H groups in total. The lowest BCUT2D eigenvalue weighted by Gasteiger charge is -2.16. The predicted molar refractivity (Wildman–Crippen MR) is 71.1 cm³/mol. The molecule has 0 spiro atoms. The summed E-state index contributed by atoms with van der Waals surface area (Å²) in [7, 11) is 0. The minimum atomic E-state index is 0.0230. The van der Waals surface area contributed by atoms with Gasteiger partial charge in [-0.25, -0.2) is 4.79 Å². The molecule has 0 aromatic heterocycles. The molecule has 1 fully saturated rings. The van der Waals surface area contributed by atoms with Gasteiger partial charge in [0.15, 0.2) is 0 Å². The monoisotopic (exact) mass is 249 g/mol. The number of anilines is 1. The summed E-state index contributed by atoms with van der Waals surface area (Å²) in [6, 6.07) is 7.86. The summed E-state index contributed by atoms with van der Waals surface area (Å²) in [5, 5.41) is 6.08. The minimum absolute atomic E-state index is 0.0230. The maximum absolute atomic E-state index is 11.3. The highest BCUT2D eigenvalue weighted by Gasteiger charge is 2.18. The molecule has 98 valence electrons. The van der Waals surface area contributed by atoms with Crippen LogP contribution in [0, 0.1) is 0 Å². The smallest absolute Gasteiger partial charge is 0.317 e. The van der Waals surface area contributed by atoms with Crippen LogP contribution in [-0.4, -0.2) is 43.7 Å². The van der Waals surface area contributed by atoms with Crippen molar-refractivity contribution in [1.82, 2.24) is 10.2 Å². The maximum Gasteiger partial charge on any atom is 0.317 e. The summed E-state index contributed by atoms with van der Waals surface area (Å²) in [5.74, 6) is 0.853. The van der Waals surface area contributed by atoms with Gasteiger partial charge in [-0.15, -0.1) is 0 Å². The third-order valence-electron chi connectivity index (χ3n) is 2.83. The summed E-state index contributed by atoms with van der Waals surface area (Å²) in [6.07, 6.45) is 0. The lowest BCUT2D eigenvalue weighted by molar-refractivity contribution is 0.219. The highest BCUT2D eigenvalue weighted by molar-refractivity contribution is 5.76. The molecule has 0 unspecified atom stereocenters. The van der Waals surface area contributed by atoms with Crippen molar-refractivity contribution in [3.05, 3.63) is 24.3 Å². The first-order chi connectivity index (χ1) is 8.81. The molecule has 5 heteroatoms. The number of rotatable bonds is 6. The molecule has 1 heterocycles. The molecule has 0 atom stereocenters. The van der Waals surface area contributed by atoms with Crippen LogP contribution in [0.1, 0.15) is 6.92 Å². The van der Waals surface area contributed by atoms with Gasteiger partial charge < -0.3 is 20.3 Å². The van der Waals surface area contributed by atoms with Crippen molar-refractivity contribution in [1.29, 1.82) is 0 Å². The largest absolute Gasteiger partial charge is 0.492 e. The highest BCUT2D eigenvalue weighted by Crippen LogP contribution is 2.23. The number of carbonyl (C=O) groups excluding carboxylic acids is 1. The van der Waals surface area contributed by atoms with Crippen molar-refractivity contribution in [2.24, 2.45) is 0 Å². The molecule has 0 saturated carbocycles. The Kier molecular flexibility index (Phi) is 4.28. The molecule has 2 amide bonds. The Balaban J connectivity index is 1.84. The summed E-state index contributed by atoms with van der Waals surface area (Å²) in [4.78, 5) is 13.2. The Morgan fingerprint density at radius 3 is 3.00 bits per heavy atom. The number of nitrogens with zero attached hydrogens (tertiary/aromatic N) is 1. The Hall–Kier alpha value is -1.91. The second kappa shape index (κ2) is 6.14. The number of urea groups is 1. The van der Waals surface area contributed by atoms with E-state index >= 15 is 0 Å². The number of carbonyl (C=O) groups is 1.